The summed E-state index contributed by atoms with van der Waals surface area (Å²) in [7, 11) is 0. The van der Waals surface area contributed by atoms with E-state index in [2.05, 4.69) is 22.0 Å². The highest BCUT2D eigenvalue weighted by Gasteiger charge is 2.48. The molecule has 200 valence electrons. The fourth-order valence-corrected chi connectivity index (χ4v) is 8.50. The number of aliphatic hydroxyl groups is 2. The minimum Gasteiger partial charge on any atom is -0.392 e. The van der Waals surface area contributed by atoms with Crippen molar-refractivity contribution in [2.24, 2.45) is 29.1 Å². The standard InChI is InChI=1S/C29H48F2N2O2/c30-24-17-21(18-25(31)19-24)5-6-28(35)33-13-8-23(9-14-33)27(34)20-32-15-11-29(12-16-32)10-7-22-3-1-2-4-26(22)29/h1,3,21-28,34-35H,2,4-20H2. The first kappa shape index (κ1) is 26.1. The molecule has 0 amide bonds. The molecular formula is C29H48F2N2O2. The van der Waals surface area contributed by atoms with Gasteiger partial charge in [0.25, 0.3) is 0 Å². The van der Waals surface area contributed by atoms with E-state index in [1.807, 2.05) is 0 Å². The molecule has 0 aromatic carbocycles. The van der Waals surface area contributed by atoms with Crippen LogP contribution in [0.2, 0.25) is 0 Å². The summed E-state index contributed by atoms with van der Waals surface area (Å²) in [6.45, 7) is 4.63. The maximum Gasteiger partial charge on any atom is 0.107 e. The van der Waals surface area contributed by atoms with Gasteiger partial charge in [-0.2, -0.15) is 0 Å². The molecule has 35 heavy (non-hydrogen) atoms. The second-order valence-corrected chi connectivity index (χ2v) is 12.7. The van der Waals surface area contributed by atoms with Gasteiger partial charge in [-0.3, -0.25) is 4.90 Å². The Balaban J connectivity index is 1.01. The van der Waals surface area contributed by atoms with Crippen molar-refractivity contribution in [3.05, 3.63) is 12.2 Å². The second kappa shape index (κ2) is 11.4. The molecule has 4 fully saturated rings. The van der Waals surface area contributed by atoms with E-state index in [1.165, 1.54) is 38.5 Å². The highest BCUT2D eigenvalue weighted by atomic mass is 19.1. The van der Waals surface area contributed by atoms with Crippen LogP contribution in [0.5, 0.6) is 0 Å². The Bertz CT molecular complexity index is 695. The quantitative estimate of drug-likeness (QED) is 0.484. The average molecular weight is 495 g/mol. The molecule has 2 saturated heterocycles. The number of fused-ring (bicyclic) bond motifs is 2. The molecule has 0 aromatic rings. The molecule has 6 atom stereocenters. The van der Waals surface area contributed by atoms with Crippen molar-refractivity contribution in [2.75, 3.05) is 32.7 Å². The van der Waals surface area contributed by atoms with Crippen LogP contribution in [0.4, 0.5) is 8.78 Å². The van der Waals surface area contributed by atoms with E-state index in [0.717, 1.165) is 57.4 Å². The number of hydrogen-bond donors (Lipinski definition) is 2. The Morgan fingerprint density at radius 2 is 1.60 bits per heavy atom. The molecule has 6 unspecified atom stereocenters. The first-order valence-corrected chi connectivity index (χ1v) is 14.7. The largest absolute Gasteiger partial charge is 0.392 e. The van der Waals surface area contributed by atoms with E-state index in [1.54, 1.807) is 0 Å². The van der Waals surface area contributed by atoms with E-state index in [-0.39, 0.29) is 18.4 Å². The van der Waals surface area contributed by atoms with Crippen molar-refractivity contribution in [2.45, 2.75) is 108 Å². The first-order valence-electron chi connectivity index (χ1n) is 14.7. The van der Waals surface area contributed by atoms with Crippen molar-refractivity contribution in [1.82, 2.24) is 9.80 Å². The van der Waals surface area contributed by atoms with Gasteiger partial charge in [-0.15, -0.1) is 0 Å². The van der Waals surface area contributed by atoms with Gasteiger partial charge in [-0.05, 0) is 119 Å². The van der Waals surface area contributed by atoms with Gasteiger partial charge < -0.3 is 15.1 Å². The molecule has 2 saturated carbocycles. The molecule has 0 aromatic heterocycles. The number of β-amino-alcohol motifs (C(OH)–C–C–N with tert-alkyl or cyclic N) is 1. The zero-order valence-corrected chi connectivity index (χ0v) is 21.5. The maximum atomic E-state index is 13.7. The van der Waals surface area contributed by atoms with Gasteiger partial charge in [-0.1, -0.05) is 12.2 Å². The monoisotopic (exact) mass is 494 g/mol. The lowest BCUT2D eigenvalue weighted by Crippen LogP contribution is -2.48. The third-order valence-electron chi connectivity index (χ3n) is 10.7. The molecule has 2 N–H and O–H groups in total. The van der Waals surface area contributed by atoms with Crippen LogP contribution in [-0.2, 0) is 0 Å². The third kappa shape index (κ3) is 6.13. The van der Waals surface area contributed by atoms with Crippen LogP contribution in [0.25, 0.3) is 0 Å². The van der Waals surface area contributed by atoms with Crippen LogP contribution < -0.4 is 0 Å². The smallest absolute Gasteiger partial charge is 0.107 e. The second-order valence-electron chi connectivity index (χ2n) is 12.7. The number of allylic oxidation sites excluding steroid dienone is 2. The molecule has 4 nitrogen and oxygen atoms in total. The fourth-order valence-electron chi connectivity index (χ4n) is 8.50. The molecule has 0 radical (unpaired) electrons. The summed E-state index contributed by atoms with van der Waals surface area (Å²) >= 11 is 0. The van der Waals surface area contributed by atoms with Crippen LogP contribution in [0.15, 0.2) is 12.2 Å². The van der Waals surface area contributed by atoms with Gasteiger partial charge in [0.1, 0.15) is 18.6 Å². The van der Waals surface area contributed by atoms with Gasteiger partial charge in [0.05, 0.1) is 6.10 Å². The summed E-state index contributed by atoms with van der Waals surface area (Å²) in [5.74, 6) is 2.07. The predicted octanol–water partition coefficient (Wildman–Crippen LogP) is 5.09. The maximum absolute atomic E-state index is 13.7. The van der Waals surface area contributed by atoms with E-state index < -0.39 is 18.6 Å². The number of rotatable bonds is 7. The van der Waals surface area contributed by atoms with Gasteiger partial charge in [0.15, 0.2) is 0 Å². The number of likely N-dealkylation sites (tertiary alicyclic amines) is 2. The molecule has 5 aliphatic rings. The molecule has 6 heteroatoms. The van der Waals surface area contributed by atoms with Crippen LogP contribution in [-0.4, -0.2) is 77.4 Å². The minimum absolute atomic E-state index is 0.0474. The number of piperidine rings is 2. The third-order valence-corrected chi connectivity index (χ3v) is 10.7. The zero-order valence-electron chi connectivity index (χ0n) is 21.5. The topological polar surface area (TPSA) is 46.9 Å². The number of nitrogens with zero attached hydrogens (tertiary/aromatic N) is 2. The van der Waals surface area contributed by atoms with Gasteiger partial charge in [0, 0.05) is 26.1 Å². The normalized spacial score (nSPS) is 38.5. The van der Waals surface area contributed by atoms with Crippen molar-refractivity contribution < 1.29 is 19.0 Å². The molecule has 3 aliphatic carbocycles. The SMILES string of the molecule is OC(CN1CCC2(CCC3C=CCCC32)CC1)C1CCN(C(O)CCC2CC(F)CC(F)C2)CC1. The summed E-state index contributed by atoms with van der Waals surface area (Å²) in [4.78, 5) is 4.61. The van der Waals surface area contributed by atoms with Gasteiger partial charge in [0.2, 0.25) is 0 Å². The lowest BCUT2D eigenvalue weighted by atomic mass is 9.66. The lowest BCUT2D eigenvalue weighted by molar-refractivity contribution is -0.0487. The minimum atomic E-state index is -1.02. The predicted molar refractivity (Wildman–Crippen MR) is 135 cm³/mol. The number of alkyl halides is 2. The van der Waals surface area contributed by atoms with Crippen LogP contribution in [0, 0.1) is 29.1 Å². The molecule has 0 bridgehead atoms. The number of aliphatic hydroxyl groups excluding tert-OH is 2. The van der Waals surface area contributed by atoms with Gasteiger partial charge >= 0.3 is 0 Å². The Kier molecular flexibility index (Phi) is 8.53. The summed E-state index contributed by atoms with van der Waals surface area (Å²) in [5, 5.41) is 21.7. The van der Waals surface area contributed by atoms with Crippen LogP contribution >= 0.6 is 0 Å². The summed E-state index contributed by atoms with van der Waals surface area (Å²) in [6.07, 6.45) is 14.1. The first-order chi connectivity index (χ1) is 16.9. The Morgan fingerprint density at radius 1 is 0.886 bits per heavy atom. The highest BCUT2D eigenvalue weighted by molar-refractivity contribution is 5.08. The Labute approximate surface area is 211 Å². The molecule has 5 rings (SSSR count). The average Bonchev–Trinajstić information content (AvgIpc) is 3.22. The number of halogens is 2. The lowest BCUT2D eigenvalue weighted by Gasteiger charge is -2.46. The van der Waals surface area contributed by atoms with Crippen LogP contribution in [0.3, 0.4) is 0 Å². The molecule has 2 aliphatic heterocycles. The van der Waals surface area contributed by atoms with E-state index >= 15 is 0 Å². The van der Waals surface area contributed by atoms with Crippen molar-refractivity contribution in [3.63, 3.8) is 0 Å². The van der Waals surface area contributed by atoms with E-state index in [4.69, 9.17) is 0 Å². The molecule has 1 spiro atoms. The fraction of sp³-hybridized carbons (Fsp3) is 0.931. The number of hydrogen-bond acceptors (Lipinski definition) is 4. The molecule has 2 heterocycles. The van der Waals surface area contributed by atoms with Crippen molar-refractivity contribution in [3.8, 4) is 0 Å². The molecular weight excluding hydrogens is 446 g/mol. The Morgan fingerprint density at radius 3 is 2.31 bits per heavy atom. The van der Waals surface area contributed by atoms with Crippen LogP contribution in [0.1, 0.15) is 83.5 Å². The highest BCUT2D eigenvalue weighted by Crippen LogP contribution is 2.56. The van der Waals surface area contributed by atoms with E-state index in [9.17, 15) is 19.0 Å². The van der Waals surface area contributed by atoms with E-state index in [0.29, 0.717) is 37.0 Å². The zero-order chi connectivity index (χ0) is 24.4. The summed E-state index contributed by atoms with van der Waals surface area (Å²) in [5.41, 5.74) is 0.562. The van der Waals surface area contributed by atoms with Gasteiger partial charge in [-0.25, -0.2) is 8.78 Å². The van der Waals surface area contributed by atoms with Crippen molar-refractivity contribution >= 4 is 0 Å². The summed E-state index contributed by atoms with van der Waals surface area (Å²) in [6, 6.07) is 0. The summed E-state index contributed by atoms with van der Waals surface area (Å²) < 4.78 is 27.3. The van der Waals surface area contributed by atoms with Crippen molar-refractivity contribution in [1.29, 1.82) is 0 Å². The Hall–Kier alpha value is -0.560.